The summed E-state index contributed by atoms with van der Waals surface area (Å²) in [5.41, 5.74) is 1.46. The molecule has 1 aliphatic rings. The van der Waals surface area contributed by atoms with Crippen molar-refractivity contribution in [2.24, 2.45) is 0 Å². The summed E-state index contributed by atoms with van der Waals surface area (Å²) in [7, 11) is 0. The third-order valence-electron chi connectivity index (χ3n) is 5.18. The summed E-state index contributed by atoms with van der Waals surface area (Å²) in [5.74, 6) is -1.73. The first-order valence-electron chi connectivity index (χ1n) is 10.6. The van der Waals surface area contributed by atoms with E-state index in [0.29, 0.717) is 6.42 Å². The van der Waals surface area contributed by atoms with Crippen LogP contribution in [0, 0.1) is 0 Å². The molecule has 0 aromatic heterocycles. The van der Waals surface area contributed by atoms with Crippen molar-refractivity contribution in [3.8, 4) is 0 Å². The van der Waals surface area contributed by atoms with E-state index in [0.717, 1.165) is 16.3 Å². The molecule has 2 atom stereocenters. The molecule has 9 heteroatoms. The highest BCUT2D eigenvalue weighted by atomic mass is 16.6. The lowest BCUT2D eigenvalue weighted by atomic mass is 9.98. The number of amides is 2. The Hall–Kier alpha value is -3.75. The second kappa shape index (κ2) is 9.01. The Bertz CT molecular complexity index is 1110. The number of carbonyl (C=O) groups is 3. The van der Waals surface area contributed by atoms with Gasteiger partial charge in [0.15, 0.2) is 5.54 Å². The lowest BCUT2D eigenvalue weighted by molar-refractivity contribution is -0.145. The van der Waals surface area contributed by atoms with E-state index in [4.69, 9.17) is 4.74 Å². The number of fused-ring (bicyclic) bond motifs is 1. The first kappa shape index (κ1) is 23.9. The summed E-state index contributed by atoms with van der Waals surface area (Å²) in [6, 6.07) is 14.0. The fourth-order valence-electron chi connectivity index (χ4n) is 3.63. The lowest BCUT2D eigenvalue weighted by Gasteiger charge is -2.29. The molecular formula is C24H30N4O5. The number of aliphatic carboxylic acids is 1. The highest BCUT2D eigenvalue weighted by Crippen LogP contribution is 2.25. The van der Waals surface area contributed by atoms with Crippen LogP contribution in [0.1, 0.15) is 40.2 Å². The van der Waals surface area contributed by atoms with Gasteiger partial charge in [0.25, 0.3) is 0 Å². The standard InChI is InChI=1S/C24H30N4O5/c1-15(29)26-24(5,21(30)31)19-14-28(27-22(32)33-23(2,3)4)20(25-19)13-16-10-11-17-8-6-7-9-18(17)12-16/h6-12,14,20,25H,13H2,1-5H3,(H,26,29)(H,27,32)(H,30,31). The smallest absolute Gasteiger partial charge is 0.426 e. The number of carboxylic acid groups (broad SMARTS) is 1. The summed E-state index contributed by atoms with van der Waals surface area (Å²) < 4.78 is 5.35. The molecule has 0 aliphatic carbocycles. The summed E-state index contributed by atoms with van der Waals surface area (Å²) in [5, 5.41) is 19.1. The van der Waals surface area contributed by atoms with Crippen LogP contribution in [0.15, 0.2) is 54.4 Å². The minimum Gasteiger partial charge on any atom is -0.479 e. The molecule has 0 spiro atoms. The fraction of sp³-hybridized carbons (Fsp3) is 0.375. The van der Waals surface area contributed by atoms with Gasteiger partial charge in [-0.2, -0.15) is 0 Å². The molecular weight excluding hydrogens is 424 g/mol. The van der Waals surface area contributed by atoms with Gasteiger partial charge < -0.3 is 20.5 Å². The minimum atomic E-state index is -1.71. The predicted octanol–water partition coefficient (Wildman–Crippen LogP) is 2.87. The lowest BCUT2D eigenvalue weighted by Crippen LogP contribution is -2.56. The molecule has 0 radical (unpaired) electrons. The van der Waals surface area contributed by atoms with E-state index in [2.05, 4.69) is 16.1 Å². The van der Waals surface area contributed by atoms with Crippen LogP contribution in [-0.4, -0.2) is 45.4 Å². The molecule has 1 aliphatic heterocycles. The SMILES string of the molecule is CC(=O)NC(C)(C(=O)O)C1=CN(NC(=O)OC(C)(C)C)C(Cc2ccc3ccccc3c2)N1. The van der Waals surface area contributed by atoms with Gasteiger partial charge in [-0.05, 0) is 44.0 Å². The highest BCUT2D eigenvalue weighted by molar-refractivity contribution is 5.89. The van der Waals surface area contributed by atoms with Crippen molar-refractivity contribution in [3.63, 3.8) is 0 Å². The maximum absolute atomic E-state index is 12.4. The largest absolute Gasteiger partial charge is 0.479 e. The molecule has 3 rings (SSSR count). The number of hydrogen-bond donors (Lipinski definition) is 4. The number of nitrogens with one attached hydrogen (secondary N) is 3. The normalized spacial score (nSPS) is 17.5. The molecule has 2 aromatic rings. The maximum atomic E-state index is 12.4. The number of carbonyl (C=O) groups excluding carboxylic acids is 2. The molecule has 2 amide bonds. The predicted molar refractivity (Wildman–Crippen MR) is 124 cm³/mol. The zero-order valence-corrected chi connectivity index (χ0v) is 19.4. The van der Waals surface area contributed by atoms with E-state index in [1.165, 1.54) is 25.1 Å². The average molecular weight is 455 g/mol. The van der Waals surface area contributed by atoms with Crippen molar-refractivity contribution in [1.29, 1.82) is 0 Å². The van der Waals surface area contributed by atoms with Gasteiger partial charge in [0.2, 0.25) is 5.91 Å². The molecule has 1 heterocycles. The van der Waals surface area contributed by atoms with Gasteiger partial charge in [0.1, 0.15) is 11.8 Å². The number of carboxylic acids is 1. The Balaban J connectivity index is 1.90. The molecule has 33 heavy (non-hydrogen) atoms. The molecule has 0 saturated heterocycles. The second-order valence-electron chi connectivity index (χ2n) is 9.22. The first-order valence-corrected chi connectivity index (χ1v) is 10.6. The zero-order valence-electron chi connectivity index (χ0n) is 19.4. The Morgan fingerprint density at radius 2 is 1.76 bits per heavy atom. The summed E-state index contributed by atoms with van der Waals surface area (Å²) in [6.07, 6.45) is 0.721. The van der Waals surface area contributed by atoms with Crippen LogP contribution < -0.4 is 16.1 Å². The molecule has 9 nitrogen and oxygen atoms in total. The number of hydrogen-bond acceptors (Lipinski definition) is 6. The van der Waals surface area contributed by atoms with Crippen molar-refractivity contribution in [3.05, 3.63) is 59.9 Å². The van der Waals surface area contributed by atoms with E-state index in [1.807, 2.05) is 42.5 Å². The Morgan fingerprint density at radius 1 is 1.09 bits per heavy atom. The third-order valence-corrected chi connectivity index (χ3v) is 5.18. The summed E-state index contributed by atoms with van der Waals surface area (Å²) in [4.78, 5) is 36.2. The third kappa shape index (κ3) is 5.74. The first-order chi connectivity index (χ1) is 15.4. The molecule has 2 aromatic carbocycles. The molecule has 4 N–H and O–H groups in total. The van der Waals surface area contributed by atoms with Crippen molar-refractivity contribution in [2.45, 2.75) is 58.3 Å². The fourth-order valence-corrected chi connectivity index (χ4v) is 3.63. The molecule has 0 saturated carbocycles. The van der Waals surface area contributed by atoms with Crippen LogP contribution in [-0.2, 0) is 20.7 Å². The zero-order chi connectivity index (χ0) is 24.4. The number of rotatable bonds is 6. The minimum absolute atomic E-state index is 0.229. The van der Waals surface area contributed by atoms with Crippen molar-refractivity contribution < 1.29 is 24.2 Å². The van der Waals surface area contributed by atoms with Gasteiger partial charge in [-0.15, -0.1) is 0 Å². The van der Waals surface area contributed by atoms with Crippen molar-refractivity contribution in [2.75, 3.05) is 0 Å². The number of ether oxygens (including phenoxy) is 1. The van der Waals surface area contributed by atoms with Crippen molar-refractivity contribution >= 4 is 28.7 Å². The number of benzene rings is 2. The Labute approximate surface area is 192 Å². The molecule has 0 fully saturated rings. The Kier molecular flexibility index (Phi) is 6.53. The number of hydrazine groups is 1. The quantitative estimate of drug-likeness (QED) is 0.530. The molecule has 176 valence electrons. The van der Waals surface area contributed by atoms with E-state index in [9.17, 15) is 19.5 Å². The van der Waals surface area contributed by atoms with Crippen LogP contribution in [0.25, 0.3) is 10.8 Å². The van der Waals surface area contributed by atoms with Crippen molar-refractivity contribution in [1.82, 2.24) is 21.1 Å². The van der Waals surface area contributed by atoms with Crippen LogP contribution in [0.4, 0.5) is 4.79 Å². The number of nitrogens with zero attached hydrogens (tertiary/aromatic N) is 1. The van der Waals surface area contributed by atoms with Gasteiger partial charge in [-0.1, -0.05) is 42.5 Å². The van der Waals surface area contributed by atoms with E-state index in [-0.39, 0.29) is 5.70 Å². The second-order valence-corrected chi connectivity index (χ2v) is 9.22. The maximum Gasteiger partial charge on any atom is 0.426 e. The summed E-state index contributed by atoms with van der Waals surface area (Å²) >= 11 is 0. The van der Waals surface area contributed by atoms with Gasteiger partial charge in [-0.25, -0.2) is 15.0 Å². The topological polar surface area (TPSA) is 120 Å². The van der Waals surface area contributed by atoms with Gasteiger partial charge in [0.05, 0.1) is 5.70 Å². The average Bonchev–Trinajstić information content (AvgIpc) is 3.08. The molecule has 2 unspecified atom stereocenters. The van der Waals surface area contributed by atoms with E-state index in [1.54, 1.807) is 20.8 Å². The monoisotopic (exact) mass is 454 g/mol. The van der Waals surface area contributed by atoms with Crippen LogP contribution in [0.3, 0.4) is 0 Å². The van der Waals surface area contributed by atoms with Gasteiger partial charge in [0, 0.05) is 19.5 Å². The van der Waals surface area contributed by atoms with Crippen LogP contribution >= 0.6 is 0 Å². The highest BCUT2D eigenvalue weighted by Gasteiger charge is 2.43. The van der Waals surface area contributed by atoms with E-state index >= 15 is 0 Å². The molecule has 0 bridgehead atoms. The van der Waals surface area contributed by atoms with Crippen LogP contribution in [0.5, 0.6) is 0 Å². The van der Waals surface area contributed by atoms with Gasteiger partial charge >= 0.3 is 12.1 Å². The Morgan fingerprint density at radius 3 is 2.36 bits per heavy atom. The van der Waals surface area contributed by atoms with E-state index < -0.39 is 35.3 Å². The van der Waals surface area contributed by atoms with Crippen LogP contribution in [0.2, 0.25) is 0 Å². The van der Waals surface area contributed by atoms with Gasteiger partial charge in [-0.3, -0.25) is 9.80 Å². The summed E-state index contributed by atoms with van der Waals surface area (Å²) in [6.45, 7) is 7.89.